The third kappa shape index (κ3) is 4.88. The normalized spacial score (nSPS) is 10.5. The third-order valence-electron chi connectivity index (χ3n) is 3.74. The molecule has 3 rings (SSSR count). The van der Waals surface area contributed by atoms with Gasteiger partial charge in [-0.2, -0.15) is 0 Å². The van der Waals surface area contributed by atoms with Gasteiger partial charge in [0.05, 0.1) is 17.9 Å². The Morgan fingerprint density at radius 2 is 1.96 bits per heavy atom. The zero-order chi connectivity index (χ0) is 18.4. The minimum atomic E-state index is -0.253. The molecule has 0 aliphatic rings. The zero-order valence-corrected chi connectivity index (χ0v) is 15.0. The molecule has 0 bridgehead atoms. The second-order valence-electron chi connectivity index (χ2n) is 5.78. The number of benzene rings is 1. The van der Waals surface area contributed by atoms with Crippen molar-refractivity contribution in [2.45, 2.75) is 13.0 Å². The van der Waals surface area contributed by atoms with Crippen LogP contribution in [0.15, 0.2) is 60.9 Å². The maximum Gasteiger partial charge on any atom is 0.258 e. The molecule has 0 atom stereocenters. The van der Waals surface area contributed by atoms with Gasteiger partial charge in [0.15, 0.2) is 0 Å². The van der Waals surface area contributed by atoms with E-state index in [0.29, 0.717) is 23.0 Å². The van der Waals surface area contributed by atoms with E-state index in [1.165, 1.54) is 6.20 Å². The summed E-state index contributed by atoms with van der Waals surface area (Å²) < 4.78 is 5.00. The largest absolute Gasteiger partial charge is 0.378 e. The number of carbonyl (C=O) groups excluding carboxylic acids is 1. The minimum Gasteiger partial charge on any atom is -0.378 e. The predicted octanol–water partition coefficient (Wildman–Crippen LogP) is 4.12. The predicted molar refractivity (Wildman–Crippen MR) is 101 cm³/mol. The van der Waals surface area contributed by atoms with Gasteiger partial charge in [0.1, 0.15) is 5.82 Å². The number of pyridine rings is 2. The first-order valence-corrected chi connectivity index (χ1v) is 8.46. The number of hydrogen-bond acceptors (Lipinski definition) is 4. The van der Waals surface area contributed by atoms with Crippen LogP contribution in [0, 0.1) is 0 Å². The van der Waals surface area contributed by atoms with Gasteiger partial charge in [0.25, 0.3) is 5.91 Å². The Balaban J connectivity index is 1.62. The molecule has 0 aliphatic carbocycles. The van der Waals surface area contributed by atoms with Crippen molar-refractivity contribution in [1.82, 2.24) is 9.97 Å². The molecule has 0 aliphatic heterocycles. The summed E-state index contributed by atoms with van der Waals surface area (Å²) in [5, 5.41) is 3.48. The molecule has 3 aromatic rings. The minimum absolute atomic E-state index is 0.253. The number of rotatable bonds is 6. The van der Waals surface area contributed by atoms with Gasteiger partial charge in [-0.25, -0.2) is 4.98 Å². The Bertz CT molecular complexity index is 880. The lowest BCUT2D eigenvalue weighted by atomic mass is 10.1. The molecule has 0 saturated carbocycles. The van der Waals surface area contributed by atoms with Gasteiger partial charge in [-0.3, -0.25) is 9.78 Å². The monoisotopic (exact) mass is 367 g/mol. The van der Waals surface area contributed by atoms with Crippen molar-refractivity contribution in [3.05, 3.63) is 88.3 Å². The second kappa shape index (κ2) is 8.56. The first-order chi connectivity index (χ1) is 12.6. The van der Waals surface area contributed by atoms with Gasteiger partial charge in [-0.15, -0.1) is 0 Å². The first-order valence-electron chi connectivity index (χ1n) is 8.08. The number of hydrogen-bond donors (Lipinski definition) is 1. The van der Waals surface area contributed by atoms with Gasteiger partial charge < -0.3 is 10.1 Å². The number of methoxy groups -OCH3 is 1. The van der Waals surface area contributed by atoms with E-state index < -0.39 is 0 Å². The maximum absolute atomic E-state index is 12.3. The van der Waals surface area contributed by atoms with Crippen LogP contribution in [0.4, 0.5) is 5.82 Å². The molecule has 1 aromatic carbocycles. The van der Waals surface area contributed by atoms with Crippen molar-refractivity contribution in [1.29, 1.82) is 0 Å². The van der Waals surface area contributed by atoms with Crippen LogP contribution >= 0.6 is 11.6 Å². The molecule has 6 heteroatoms. The Morgan fingerprint density at radius 3 is 2.62 bits per heavy atom. The Kier molecular flexibility index (Phi) is 5.94. The van der Waals surface area contributed by atoms with Gasteiger partial charge in [0.2, 0.25) is 0 Å². The molecule has 26 heavy (non-hydrogen) atoms. The Labute approximate surface area is 157 Å². The number of nitrogens with one attached hydrogen (secondary N) is 1. The number of amides is 1. The van der Waals surface area contributed by atoms with Crippen LogP contribution in [0.2, 0.25) is 5.02 Å². The fourth-order valence-electron chi connectivity index (χ4n) is 2.47. The molecular formula is C20H18ClN3O2. The summed E-state index contributed by atoms with van der Waals surface area (Å²) in [5.74, 6) is 0.238. The van der Waals surface area contributed by atoms with Crippen LogP contribution < -0.4 is 5.32 Å². The van der Waals surface area contributed by atoms with Gasteiger partial charge in [0, 0.05) is 24.5 Å². The van der Waals surface area contributed by atoms with Gasteiger partial charge >= 0.3 is 0 Å². The highest BCUT2D eigenvalue weighted by molar-refractivity contribution is 6.30. The topological polar surface area (TPSA) is 64.1 Å². The van der Waals surface area contributed by atoms with E-state index in [-0.39, 0.29) is 5.91 Å². The lowest BCUT2D eigenvalue weighted by Crippen LogP contribution is -2.13. The number of ether oxygens (including phenoxy) is 1. The van der Waals surface area contributed by atoms with Crippen molar-refractivity contribution in [3.63, 3.8) is 0 Å². The standard InChI is InChI=1S/C20H18ClN3O2/c1-26-13-18-7-6-16(12-22-18)20(25)24-19-8-5-15(11-23-19)9-14-3-2-4-17(21)10-14/h2-8,10-12H,9,13H2,1H3,(H,23,24,25). The molecule has 2 aromatic heterocycles. The summed E-state index contributed by atoms with van der Waals surface area (Å²) in [6, 6.07) is 14.9. The van der Waals surface area contributed by atoms with E-state index in [0.717, 1.165) is 23.2 Å². The average Bonchev–Trinajstić information content (AvgIpc) is 2.64. The van der Waals surface area contributed by atoms with E-state index in [4.69, 9.17) is 16.3 Å². The van der Waals surface area contributed by atoms with Crippen molar-refractivity contribution >= 4 is 23.3 Å². The summed E-state index contributed by atoms with van der Waals surface area (Å²) in [5.41, 5.74) is 3.39. The Morgan fingerprint density at radius 1 is 1.08 bits per heavy atom. The van der Waals surface area contributed by atoms with E-state index in [2.05, 4.69) is 15.3 Å². The molecule has 5 nitrogen and oxygen atoms in total. The van der Waals surface area contributed by atoms with Crippen LogP contribution in [0.3, 0.4) is 0 Å². The molecule has 1 N–H and O–H groups in total. The fourth-order valence-corrected chi connectivity index (χ4v) is 2.68. The molecule has 132 valence electrons. The molecule has 0 radical (unpaired) electrons. The molecule has 0 spiro atoms. The number of nitrogens with zero attached hydrogens (tertiary/aromatic N) is 2. The van der Waals surface area contributed by atoms with E-state index in [9.17, 15) is 4.79 Å². The highest BCUT2D eigenvalue weighted by atomic mass is 35.5. The van der Waals surface area contributed by atoms with Crippen LogP contribution in [0.25, 0.3) is 0 Å². The molecule has 2 heterocycles. The lowest BCUT2D eigenvalue weighted by Gasteiger charge is -2.07. The number of aromatic nitrogens is 2. The first kappa shape index (κ1) is 18.0. The summed E-state index contributed by atoms with van der Waals surface area (Å²) >= 11 is 6.00. The zero-order valence-electron chi connectivity index (χ0n) is 14.3. The highest BCUT2D eigenvalue weighted by Crippen LogP contribution is 2.15. The van der Waals surface area contributed by atoms with Crippen molar-refractivity contribution < 1.29 is 9.53 Å². The molecule has 0 unspecified atom stereocenters. The molecule has 1 amide bonds. The SMILES string of the molecule is COCc1ccc(C(=O)Nc2ccc(Cc3cccc(Cl)c3)cn2)cn1. The highest BCUT2D eigenvalue weighted by Gasteiger charge is 2.08. The number of halogens is 1. The summed E-state index contributed by atoms with van der Waals surface area (Å²) in [7, 11) is 1.60. The summed E-state index contributed by atoms with van der Waals surface area (Å²) in [4.78, 5) is 20.7. The second-order valence-corrected chi connectivity index (χ2v) is 6.22. The van der Waals surface area contributed by atoms with Crippen LogP contribution in [-0.4, -0.2) is 23.0 Å². The number of carbonyl (C=O) groups is 1. The summed E-state index contributed by atoms with van der Waals surface area (Å²) in [6.45, 7) is 0.414. The maximum atomic E-state index is 12.3. The van der Waals surface area contributed by atoms with Crippen LogP contribution in [0.1, 0.15) is 27.2 Å². The Hall–Kier alpha value is -2.76. The molecular weight excluding hydrogens is 350 g/mol. The average molecular weight is 368 g/mol. The van der Waals surface area contributed by atoms with Crippen molar-refractivity contribution in [2.75, 3.05) is 12.4 Å². The third-order valence-corrected chi connectivity index (χ3v) is 3.98. The van der Waals surface area contributed by atoms with E-state index in [1.807, 2.05) is 30.3 Å². The molecule has 0 fully saturated rings. The summed E-state index contributed by atoms with van der Waals surface area (Å²) in [6.07, 6.45) is 4.00. The van der Waals surface area contributed by atoms with Crippen LogP contribution in [-0.2, 0) is 17.8 Å². The van der Waals surface area contributed by atoms with E-state index >= 15 is 0 Å². The van der Waals surface area contributed by atoms with Gasteiger partial charge in [-0.1, -0.05) is 29.8 Å². The smallest absolute Gasteiger partial charge is 0.258 e. The van der Waals surface area contributed by atoms with E-state index in [1.54, 1.807) is 31.5 Å². The fraction of sp³-hybridized carbons (Fsp3) is 0.150. The lowest BCUT2D eigenvalue weighted by molar-refractivity contribution is 0.102. The molecule has 0 saturated heterocycles. The van der Waals surface area contributed by atoms with Crippen LogP contribution in [0.5, 0.6) is 0 Å². The van der Waals surface area contributed by atoms with Crippen molar-refractivity contribution in [3.8, 4) is 0 Å². The van der Waals surface area contributed by atoms with Gasteiger partial charge in [-0.05, 0) is 47.9 Å². The quantitative estimate of drug-likeness (QED) is 0.711. The number of anilines is 1. The van der Waals surface area contributed by atoms with Crippen molar-refractivity contribution in [2.24, 2.45) is 0 Å².